The molecular formula is C14H8ClF2N3O5S. The van der Waals surface area contributed by atoms with E-state index in [4.69, 9.17) is 11.6 Å². The molecule has 1 N–H and O–H groups in total. The van der Waals surface area contributed by atoms with E-state index in [2.05, 4.69) is 5.32 Å². The van der Waals surface area contributed by atoms with Gasteiger partial charge in [0.25, 0.3) is 23.0 Å². The van der Waals surface area contributed by atoms with Crippen molar-refractivity contribution in [3.63, 3.8) is 0 Å². The minimum Gasteiger partial charge on any atom is -0.321 e. The van der Waals surface area contributed by atoms with Gasteiger partial charge in [-0.2, -0.15) is 8.78 Å². The second-order valence-corrected chi connectivity index (χ2v) is 6.11. The molecule has 136 valence electrons. The number of nitrogens with zero attached hydrogens (tertiary/aromatic N) is 2. The van der Waals surface area contributed by atoms with Crippen molar-refractivity contribution in [3.8, 4) is 0 Å². The Hall–Kier alpha value is -2.79. The summed E-state index contributed by atoms with van der Waals surface area (Å²) in [6.07, 6.45) is 0. The second kappa shape index (κ2) is 8.06. The molecule has 2 rings (SSSR count). The molecule has 0 aliphatic heterocycles. The first kappa shape index (κ1) is 19.5. The predicted molar refractivity (Wildman–Crippen MR) is 91.0 cm³/mol. The summed E-state index contributed by atoms with van der Waals surface area (Å²) in [5, 5.41) is 24.0. The number of non-ortho nitro benzene ring substituents is 2. The van der Waals surface area contributed by atoms with Crippen molar-refractivity contribution in [3.05, 3.63) is 67.2 Å². The van der Waals surface area contributed by atoms with Crippen molar-refractivity contribution in [2.24, 2.45) is 0 Å². The first-order valence-corrected chi connectivity index (χ1v) is 7.93. The lowest BCUT2D eigenvalue weighted by Crippen LogP contribution is -2.13. The van der Waals surface area contributed by atoms with Gasteiger partial charge in [-0.05, 0) is 12.1 Å². The lowest BCUT2D eigenvalue weighted by atomic mass is 10.1. The molecule has 0 heterocycles. The van der Waals surface area contributed by atoms with E-state index in [1.807, 2.05) is 0 Å². The average Bonchev–Trinajstić information content (AvgIpc) is 2.57. The normalized spacial score (nSPS) is 10.6. The van der Waals surface area contributed by atoms with E-state index in [0.29, 0.717) is 6.07 Å². The fourth-order valence-electron chi connectivity index (χ4n) is 1.95. The van der Waals surface area contributed by atoms with Crippen LogP contribution in [0.4, 0.5) is 25.8 Å². The number of halogens is 3. The number of nitrogens with one attached hydrogen (secondary N) is 1. The summed E-state index contributed by atoms with van der Waals surface area (Å²) in [4.78, 5) is 32.2. The minimum atomic E-state index is -2.80. The van der Waals surface area contributed by atoms with Crippen LogP contribution in [0.5, 0.6) is 0 Å². The number of carbonyl (C=O) groups is 1. The van der Waals surface area contributed by atoms with Crippen LogP contribution in [0.3, 0.4) is 0 Å². The van der Waals surface area contributed by atoms with Crippen molar-refractivity contribution in [1.29, 1.82) is 0 Å². The van der Waals surface area contributed by atoms with Gasteiger partial charge in [-0.3, -0.25) is 25.0 Å². The Morgan fingerprint density at radius 2 is 1.69 bits per heavy atom. The Morgan fingerprint density at radius 1 is 1.12 bits per heavy atom. The summed E-state index contributed by atoms with van der Waals surface area (Å²) >= 11 is 5.96. The third-order valence-electron chi connectivity index (χ3n) is 3.01. The molecule has 0 aliphatic carbocycles. The highest BCUT2D eigenvalue weighted by Gasteiger charge is 2.21. The van der Waals surface area contributed by atoms with Crippen molar-refractivity contribution in [1.82, 2.24) is 0 Å². The molecule has 0 aliphatic rings. The number of thioether (sulfide) groups is 1. The van der Waals surface area contributed by atoms with Crippen LogP contribution in [-0.4, -0.2) is 21.5 Å². The SMILES string of the molecule is O=C(Nc1cccc(Cl)c1SC(F)F)c1cc([N+](=O)[O-])cc([N+](=O)[O-])c1. The van der Waals surface area contributed by atoms with Crippen LogP contribution in [-0.2, 0) is 0 Å². The van der Waals surface area contributed by atoms with Crippen LogP contribution in [0.25, 0.3) is 0 Å². The number of rotatable bonds is 6. The Morgan fingerprint density at radius 3 is 2.19 bits per heavy atom. The zero-order valence-corrected chi connectivity index (χ0v) is 14.1. The maximum absolute atomic E-state index is 12.7. The highest BCUT2D eigenvalue weighted by Crippen LogP contribution is 2.38. The maximum Gasteiger partial charge on any atom is 0.289 e. The number of nitro benzene ring substituents is 2. The van der Waals surface area contributed by atoms with E-state index in [0.717, 1.165) is 12.1 Å². The summed E-state index contributed by atoms with van der Waals surface area (Å²) in [5.74, 6) is -3.75. The highest BCUT2D eigenvalue weighted by atomic mass is 35.5. The number of hydrogen-bond acceptors (Lipinski definition) is 6. The number of hydrogen-bond donors (Lipinski definition) is 1. The standard InChI is InChI=1S/C14H8ClF2N3O5S/c15-10-2-1-3-11(12(10)26-14(16)17)18-13(21)7-4-8(19(22)23)6-9(5-7)20(24)25/h1-6,14H,(H,18,21). The van der Waals surface area contributed by atoms with Crippen LogP contribution in [0, 0.1) is 20.2 Å². The van der Waals surface area contributed by atoms with Gasteiger partial charge >= 0.3 is 0 Å². The van der Waals surface area contributed by atoms with E-state index >= 15 is 0 Å². The van der Waals surface area contributed by atoms with Crippen LogP contribution in [0.1, 0.15) is 10.4 Å². The second-order valence-electron chi connectivity index (χ2n) is 4.70. The number of carbonyl (C=O) groups excluding carboxylic acids is 1. The summed E-state index contributed by atoms with van der Waals surface area (Å²) in [6.45, 7) is 0. The number of nitro groups is 2. The lowest BCUT2D eigenvalue weighted by molar-refractivity contribution is -0.394. The zero-order chi connectivity index (χ0) is 19.4. The third-order valence-corrected chi connectivity index (χ3v) is 4.29. The predicted octanol–water partition coefficient (Wildman–Crippen LogP) is 4.72. The number of amides is 1. The van der Waals surface area contributed by atoms with Gasteiger partial charge in [0.05, 0.1) is 37.1 Å². The molecule has 2 aromatic rings. The first-order valence-electron chi connectivity index (χ1n) is 6.67. The number of benzene rings is 2. The Bertz CT molecular complexity index is 865. The highest BCUT2D eigenvalue weighted by molar-refractivity contribution is 7.99. The summed E-state index contributed by atoms with van der Waals surface area (Å²) < 4.78 is 25.3. The average molecular weight is 404 g/mol. The molecule has 8 nitrogen and oxygen atoms in total. The largest absolute Gasteiger partial charge is 0.321 e. The number of anilines is 1. The molecular weight excluding hydrogens is 396 g/mol. The molecule has 0 saturated carbocycles. The Balaban J connectivity index is 2.41. The van der Waals surface area contributed by atoms with Crippen molar-refractivity contribution >= 4 is 46.3 Å². The molecule has 26 heavy (non-hydrogen) atoms. The summed E-state index contributed by atoms with van der Waals surface area (Å²) in [5.41, 5.74) is -1.74. The molecule has 1 amide bonds. The van der Waals surface area contributed by atoms with E-state index in [1.165, 1.54) is 18.2 Å². The molecule has 0 atom stereocenters. The van der Waals surface area contributed by atoms with Crippen molar-refractivity contribution < 1.29 is 23.4 Å². The molecule has 0 spiro atoms. The maximum atomic E-state index is 12.7. The van der Waals surface area contributed by atoms with Gasteiger partial charge < -0.3 is 5.32 Å². The van der Waals surface area contributed by atoms with Crippen molar-refractivity contribution in [2.45, 2.75) is 10.7 Å². The van der Waals surface area contributed by atoms with Gasteiger partial charge in [0, 0.05) is 12.1 Å². The van der Waals surface area contributed by atoms with E-state index < -0.39 is 32.9 Å². The zero-order valence-electron chi connectivity index (χ0n) is 12.5. The van der Waals surface area contributed by atoms with Gasteiger partial charge in [0.1, 0.15) is 0 Å². The topological polar surface area (TPSA) is 115 Å². The first-order chi connectivity index (χ1) is 12.2. The fourth-order valence-corrected chi connectivity index (χ4v) is 2.86. The molecule has 0 saturated heterocycles. The summed E-state index contributed by atoms with van der Waals surface area (Å²) in [7, 11) is 0. The van der Waals surface area contributed by atoms with E-state index in [1.54, 1.807) is 0 Å². The Labute approximate surface area is 153 Å². The molecule has 2 aromatic carbocycles. The molecule has 0 radical (unpaired) electrons. The van der Waals surface area contributed by atoms with Gasteiger partial charge in [-0.15, -0.1) is 0 Å². The fraction of sp³-hybridized carbons (Fsp3) is 0.0714. The molecule has 0 aromatic heterocycles. The quantitative estimate of drug-likeness (QED) is 0.423. The van der Waals surface area contributed by atoms with E-state index in [-0.39, 0.29) is 32.9 Å². The van der Waals surface area contributed by atoms with Crippen LogP contribution in [0.2, 0.25) is 5.02 Å². The number of alkyl halides is 2. The van der Waals surface area contributed by atoms with Gasteiger partial charge in [0.2, 0.25) is 0 Å². The smallest absolute Gasteiger partial charge is 0.289 e. The third kappa shape index (κ3) is 4.64. The van der Waals surface area contributed by atoms with Crippen LogP contribution >= 0.6 is 23.4 Å². The summed E-state index contributed by atoms with van der Waals surface area (Å²) in [6, 6.07) is 6.44. The molecule has 0 bridgehead atoms. The van der Waals surface area contributed by atoms with Gasteiger partial charge in [0.15, 0.2) is 0 Å². The van der Waals surface area contributed by atoms with Gasteiger partial charge in [-0.25, -0.2) is 0 Å². The van der Waals surface area contributed by atoms with E-state index in [9.17, 15) is 33.8 Å². The minimum absolute atomic E-state index is 0.0295. The Kier molecular flexibility index (Phi) is 6.05. The van der Waals surface area contributed by atoms with Crippen LogP contribution in [0.15, 0.2) is 41.3 Å². The lowest BCUT2D eigenvalue weighted by Gasteiger charge is -2.12. The van der Waals surface area contributed by atoms with Crippen molar-refractivity contribution in [2.75, 3.05) is 5.32 Å². The van der Waals surface area contributed by atoms with Crippen LogP contribution < -0.4 is 5.32 Å². The molecule has 12 heteroatoms. The molecule has 0 fully saturated rings. The molecule has 0 unspecified atom stereocenters. The van der Waals surface area contributed by atoms with Gasteiger partial charge in [-0.1, -0.05) is 29.4 Å². The monoisotopic (exact) mass is 403 g/mol.